The first-order chi connectivity index (χ1) is 14.5. The second-order valence-electron chi connectivity index (χ2n) is 7.76. The topological polar surface area (TPSA) is 45.9 Å². The Balaban J connectivity index is 0.00000272. The standard InChI is InChI=1S/C24H28N2O3S.CH4/c1-17-10-12-22-24(18(17)2)26(20-8-5-6-9-21(20)30(22)27)15-7-14-25(3)16-19-11-13-23(28-4)29-19;/h5-6,8-13H,7,14-16H2,1-4H3;1H4. The number of nitrogens with zero attached hydrogens (tertiary/aromatic N) is 2. The van der Waals surface area contributed by atoms with Crippen molar-refractivity contribution in [1.29, 1.82) is 0 Å². The largest absolute Gasteiger partial charge is 0.468 e. The fraction of sp³-hybridized carbons (Fsp3) is 0.360. The van der Waals surface area contributed by atoms with Crippen molar-refractivity contribution in [1.82, 2.24) is 4.90 Å². The van der Waals surface area contributed by atoms with E-state index in [-0.39, 0.29) is 7.43 Å². The van der Waals surface area contributed by atoms with Gasteiger partial charge in [-0.1, -0.05) is 25.6 Å². The van der Waals surface area contributed by atoms with Gasteiger partial charge >= 0.3 is 0 Å². The van der Waals surface area contributed by atoms with Crippen molar-refractivity contribution in [3.05, 3.63) is 65.4 Å². The van der Waals surface area contributed by atoms with E-state index in [4.69, 9.17) is 9.15 Å². The highest BCUT2D eigenvalue weighted by atomic mass is 32.2. The Kier molecular flexibility index (Phi) is 7.23. The number of methoxy groups -OCH3 is 1. The molecule has 2 aromatic carbocycles. The lowest BCUT2D eigenvalue weighted by molar-refractivity contribution is 0.256. The first-order valence-electron chi connectivity index (χ1n) is 10.2. The normalized spacial score (nSPS) is 14.7. The van der Waals surface area contributed by atoms with Gasteiger partial charge in [-0.05, 0) is 62.7 Å². The van der Waals surface area contributed by atoms with Crippen LogP contribution in [0.4, 0.5) is 11.4 Å². The van der Waals surface area contributed by atoms with E-state index in [0.717, 1.165) is 53.0 Å². The average molecular weight is 441 g/mol. The smallest absolute Gasteiger partial charge is 0.284 e. The van der Waals surface area contributed by atoms with Gasteiger partial charge in [0.25, 0.3) is 5.95 Å². The van der Waals surface area contributed by atoms with Crippen LogP contribution in [0.5, 0.6) is 5.95 Å². The third-order valence-corrected chi connectivity index (χ3v) is 7.15. The minimum Gasteiger partial charge on any atom is -0.468 e. The second-order valence-corrected chi connectivity index (χ2v) is 9.18. The fourth-order valence-electron chi connectivity index (χ4n) is 3.97. The highest BCUT2D eigenvalue weighted by molar-refractivity contribution is 7.85. The predicted molar refractivity (Wildman–Crippen MR) is 127 cm³/mol. The summed E-state index contributed by atoms with van der Waals surface area (Å²) in [5.74, 6) is 1.43. The van der Waals surface area contributed by atoms with Crippen LogP contribution in [0.15, 0.2) is 62.7 Å². The van der Waals surface area contributed by atoms with Crippen LogP contribution in [0.2, 0.25) is 0 Å². The van der Waals surface area contributed by atoms with Gasteiger partial charge < -0.3 is 14.1 Å². The van der Waals surface area contributed by atoms with E-state index in [0.29, 0.717) is 5.95 Å². The molecule has 0 aliphatic carbocycles. The number of ether oxygens (including phenoxy) is 1. The molecule has 0 amide bonds. The van der Waals surface area contributed by atoms with Crippen LogP contribution in [0.25, 0.3) is 0 Å². The van der Waals surface area contributed by atoms with E-state index >= 15 is 0 Å². The molecule has 0 saturated carbocycles. The fourth-order valence-corrected chi connectivity index (χ4v) is 5.40. The molecule has 0 fully saturated rings. The number of fused-ring (bicyclic) bond motifs is 2. The Morgan fingerprint density at radius 2 is 1.84 bits per heavy atom. The van der Waals surface area contributed by atoms with Crippen molar-refractivity contribution in [3.8, 4) is 5.95 Å². The molecule has 166 valence electrons. The monoisotopic (exact) mass is 440 g/mol. The van der Waals surface area contributed by atoms with Gasteiger partial charge in [0.1, 0.15) is 5.76 Å². The lowest BCUT2D eigenvalue weighted by Gasteiger charge is -2.35. The molecule has 0 radical (unpaired) electrons. The summed E-state index contributed by atoms with van der Waals surface area (Å²) in [6.07, 6.45) is 0.974. The highest BCUT2D eigenvalue weighted by Gasteiger charge is 2.29. The Morgan fingerprint density at radius 3 is 2.58 bits per heavy atom. The predicted octanol–water partition coefficient (Wildman–Crippen LogP) is 5.68. The molecule has 1 aliphatic rings. The molecule has 31 heavy (non-hydrogen) atoms. The molecule has 6 heteroatoms. The van der Waals surface area contributed by atoms with Gasteiger partial charge in [-0.2, -0.15) is 0 Å². The molecule has 1 aliphatic heterocycles. The van der Waals surface area contributed by atoms with Crippen LogP contribution in [0, 0.1) is 13.8 Å². The molecule has 0 N–H and O–H groups in total. The van der Waals surface area contributed by atoms with Crippen LogP contribution in [-0.2, 0) is 17.3 Å². The third-order valence-electron chi connectivity index (χ3n) is 5.68. The van der Waals surface area contributed by atoms with E-state index in [9.17, 15) is 4.21 Å². The summed E-state index contributed by atoms with van der Waals surface area (Å²) in [5.41, 5.74) is 4.58. The van der Waals surface area contributed by atoms with Gasteiger partial charge in [0, 0.05) is 19.2 Å². The van der Waals surface area contributed by atoms with Crippen LogP contribution in [0.1, 0.15) is 30.7 Å². The average Bonchev–Trinajstić information content (AvgIpc) is 3.20. The van der Waals surface area contributed by atoms with Crippen molar-refractivity contribution in [2.75, 3.05) is 32.1 Å². The van der Waals surface area contributed by atoms with Crippen LogP contribution < -0.4 is 9.64 Å². The van der Waals surface area contributed by atoms with Gasteiger partial charge in [-0.15, -0.1) is 0 Å². The molecular formula is C25H32N2O3S. The Bertz CT molecular complexity index is 1080. The van der Waals surface area contributed by atoms with Crippen molar-refractivity contribution in [2.24, 2.45) is 0 Å². The van der Waals surface area contributed by atoms with Crippen LogP contribution in [0.3, 0.4) is 0 Å². The van der Waals surface area contributed by atoms with Crippen molar-refractivity contribution in [3.63, 3.8) is 0 Å². The Hall–Kier alpha value is -2.57. The summed E-state index contributed by atoms with van der Waals surface area (Å²) in [6.45, 7) is 6.76. The number of hydrogen-bond donors (Lipinski definition) is 0. The molecule has 4 rings (SSSR count). The molecule has 0 spiro atoms. The van der Waals surface area contributed by atoms with E-state index in [2.05, 4.69) is 42.8 Å². The number of furan rings is 1. The Labute approximate surface area is 188 Å². The minimum atomic E-state index is -1.15. The summed E-state index contributed by atoms with van der Waals surface area (Å²) in [5, 5.41) is 0. The molecule has 5 nitrogen and oxygen atoms in total. The van der Waals surface area contributed by atoms with Crippen molar-refractivity contribution < 1.29 is 13.4 Å². The van der Waals surface area contributed by atoms with E-state index in [1.54, 1.807) is 7.11 Å². The SMILES string of the molecule is C.COc1ccc(CN(C)CCCN2c3ccccc3S(=O)c3ccc(C)c(C)c32)o1. The summed E-state index contributed by atoms with van der Waals surface area (Å²) in [7, 11) is 2.56. The first-order valence-corrected chi connectivity index (χ1v) is 11.3. The first kappa shape index (κ1) is 23.1. The number of aryl methyl sites for hydroxylation is 1. The quantitative estimate of drug-likeness (QED) is 0.473. The molecule has 0 saturated heterocycles. The van der Waals surface area contributed by atoms with Crippen LogP contribution in [-0.4, -0.2) is 36.4 Å². The summed E-state index contributed by atoms with van der Waals surface area (Å²) < 4.78 is 23.9. The number of rotatable bonds is 7. The van der Waals surface area contributed by atoms with E-state index in [1.807, 2.05) is 36.4 Å². The minimum absolute atomic E-state index is 0. The molecule has 1 aromatic heterocycles. The maximum atomic E-state index is 13.2. The molecule has 0 bridgehead atoms. The highest BCUT2D eigenvalue weighted by Crippen LogP contribution is 2.44. The van der Waals surface area contributed by atoms with Gasteiger partial charge in [-0.25, -0.2) is 4.21 Å². The zero-order valence-electron chi connectivity index (χ0n) is 18.0. The van der Waals surface area contributed by atoms with Gasteiger partial charge in [-0.3, -0.25) is 4.90 Å². The van der Waals surface area contributed by atoms with Gasteiger partial charge in [0.2, 0.25) is 0 Å². The molecular weight excluding hydrogens is 408 g/mol. The van der Waals surface area contributed by atoms with E-state index < -0.39 is 10.8 Å². The molecule has 2 heterocycles. The summed E-state index contributed by atoms with van der Waals surface area (Å²) >= 11 is 0. The van der Waals surface area contributed by atoms with Gasteiger partial charge in [0.05, 0.1) is 45.6 Å². The van der Waals surface area contributed by atoms with E-state index in [1.165, 1.54) is 11.1 Å². The number of hydrogen-bond acceptors (Lipinski definition) is 5. The Morgan fingerprint density at radius 1 is 1.06 bits per heavy atom. The summed E-state index contributed by atoms with van der Waals surface area (Å²) in [6, 6.07) is 15.9. The summed E-state index contributed by atoms with van der Waals surface area (Å²) in [4.78, 5) is 6.39. The van der Waals surface area contributed by atoms with Crippen LogP contribution >= 0.6 is 0 Å². The van der Waals surface area contributed by atoms with Gasteiger partial charge in [0.15, 0.2) is 0 Å². The lowest BCUT2D eigenvalue weighted by atomic mass is 10.1. The number of para-hydroxylation sites is 1. The zero-order valence-corrected chi connectivity index (χ0v) is 18.8. The molecule has 1 unspecified atom stereocenters. The lowest BCUT2D eigenvalue weighted by Crippen LogP contribution is -2.29. The third kappa shape index (κ3) is 4.55. The number of benzene rings is 2. The number of anilines is 2. The van der Waals surface area contributed by atoms with Crippen molar-refractivity contribution in [2.45, 2.75) is 44.0 Å². The maximum absolute atomic E-state index is 13.2. The zero-order chi connectivity index (χ0) is 21.3. The maximum Gasteiger partial charge on any atom is 0.284 e. The molecule has 3 aromatic rings. The second kappa shape index (κ2) is 9.71. The molecule has 1 atom stereocenters. The van der Waals surface area contributed by atoms with Crippen molar-refractivity contribution >= 4 is 22.2 Å².